The van der Waals surface area contributed by atoms with Crippen molar-refractivity contribution in [3.8, 4) is 0 Å². The fraction of sp³-hybridized carbons (Fsp3) is 0.471. The van der Waals surface area contributed by atoms with Crippen LogP contribution in [-0.4, -0.2) is 132 Å². The van der Waals surface area contributed by atoms with Crippen LogP contribution >= 0.6 is 0 Å². The van der Waals surface area contributed by atoms with Gasteiger partial charge in [0.05, 0.1) is 6.04 Å². The van der Waals surface area contributed by atoms with Crippen LogP contribution in [0.3, 0.4) is 0 Å². The average Bonchev–Trinajstić information content (AvgIpc) is 2.98. The molecule has 252 valence electrons. The van der Waals surface area contributed by atoms with Crippen molar-refractivity contribution in [2.45, 2.75) is 30.5 Å². The highest BCUT2D eigenvalue weighted by atomic mass is 16.3. The molecule has 47 heavy (non-hydrogen) atoms. The quantitative estimate of drug-likeness (QED) is 0.217. The zero-order valence-electron chi connectivity index (χ0n) is 27.4. The maximum atomic E-state index is 14.3. The summed E-state index contributed by atoms with van der Waals surface area (Å²) in [6.45, 7) is 1.10. The molecular formula is C34H43N5O8. The highest BCUT2D eigenvalue weighted by Gasteiger charge is 2.64. The first-order chi connectivity index (χ1) is 22.0. The summed E-state index contributed by atoms with van der Waals surface area (Å²) >= 11 is 0. The second-order valence-electron chi connectivity index (χ2n) is 13.5. The Kier molecular flexibility index (Phi) is 8.97. The minimum Gasteiger partial charge on any atom is -0.508 e. The number of aliphatic hydroxyl groups is 4. The van der Waals surface area contributed by atoms with Crippen LogP contribution in [0.4, 0.5) is 0 Å². The normalized spacial score (nSPS) is 29.2. The van der Waals surface area contributed by atoms with Crippen molar-refractivity contribution in [2.24, 2.45) is 23.5 Å². The molecule has 0 aromatic heterocycles. The number of nitrogens with one attached hydrogen (secondary N) is 1. The van der Waals surface area contributed by atoms with Gasteiger partial charge in [-0.2, -0.15) is 0 Å². The molecule has 1 aromatic carbocycles. The number of primary amides is 1. The lowest BCUT2D eigenvalue weighted by molar-refractivity contribution is -0.154. The summed E-state index contributed by atoms with van der Waals surface area (Å²) in [6.07, 6.45) is 2.17. The number of Topliss-reactive ketones (excluding diaryl/α,β-unsaturated/α-hetero) is 2. The highest BCUT2D eigenvalue weighted by molar-refractivity contribution is 6.24. The molecule has 4 aliphatic rings. The number of hydrogen-bond acceptors (Lipinski definition) is 11. The summed E-state index contributed by atoms with van der Waals surface area (Å²) in [5.74, 6) is -7.62. The summed E-state index contributed by atoms with van der Waals surface area (Å²) in [6, 6.07) is 5.22. The number of carbonyl (C=O) groups is 4. The van der Waals surface area contributed by atoms with E-state index in [0.29, 0.717) is 29.8 Å². The van der Waals surface area contributed by atoms with Gasteiger partial charge in [0.15, 0.2) is 11.4 Å². The minimum atomic E-state index is -2.71. The number of hydrogen-bond donors (Lipinski definition) is 6. The van der Waals surface area contributed by atoms with Crippen molar-refractivity contribution in [3.63, 3.8) is 0 Å². The Morgan fingerprint density at radius 1 is 0.979 bits per heavy atom. The van der Waals surface area contributed by atoms with Gasteiger partial charge >= 0.3 is 0 Å². The predicted octanol–water partition coefficient (Wildman–Crippen LogP) is 0.696. The van der Waals surface area contributed by atoms with Crippen molar-refractivity contribution >= 4 is 29.0 Å². The summed E-state index contributed by atoms with van der Waals surface area (Å²) in [5.41, 5.74) is 2.99. The van der Waals surface area contributed by atoms with Gasteiger partial charge in [0.1, 0.15) is 22.9 Å². The zero-order chi connectivity index (χ0) is 34.7. The topological polar surface area (TPSA) is 197 Å². The van der Waals surface area contributed by atoms with E-state index in [-0.39, 0.29) is 41.7 Å². The van der Waals surface area contributed by atoms with E-state index < -0.39 is 64.0 Å². The van der Waals surface area contributed by atoms with Crippen molar-refractivity contribution in [2.75, 3.05) is 55.4 Å². The third kappa shape index (κ3) is 5.46. The van der Waals surface area contributed by atoms with Crippen LogP contribution < -0.4 is 11.1 Å². The van der Waals surface area contributed by atoms with Gasteiger partial charge in [0.25, 0.3) is 11.8 Å². The second-order valence-corrected chi connectivity index (χ2v) is 13.5. The average molecular weight is 650 g/mol. The maximum absolute atomic E-state index is 14.3. The molecule has 0 radical (unpaired) electrons. The first kappa shape index (κ1) is 34.0. The molecule has 2 amide bonds. The lowest BCUT2D eigenvalue weighted by Crippen LogP contribution is -2.66. The van der Waals surface area contributed by atoms with Crippen molar-refractivity contribution in [1.29, 1.82) is 0 Å². The van der Waals surface area contributed by atoms with Gasteiger partial charge in [-0.3, -0.25) is 24.1 Å². The van der Waals surface area contributed by atoms with E-state index in [2.05, 4.69) is 5.32 Å². The highest BCUT2D eigenvalue weighted by Crippen LogP contribution is 2.55. The molecule has 13 nitrogen and oxygen atoms in total. The number of nitrogens with zero attached hydrogens (tertiary/aromatic N) is 3. The van der Waals surface area contributed by atoms with E-state index in [4.69, 9.17) is 5.73 Å². The van der Waals surface area contributed by atoms with Crippen LogP contribution in [-0.2, 0) is 14.4 Å². The Labute approximate surface area is 273 Å². The molecule has 5 rings (SSSR count). The molecule has 0 heterocycles. The van der Waals surface area contributed by atoms with E-state index >= 15 is 0 Å². The monoisotopic (exact) mass is 649 g/mol. The summed E-state index contributed by atoms with van der Waals surface area (Å²) in [5, 5.41) is 49.5. The standard InChI is InChI=1S/C34H43N5O8/c1-37(2)11-10-36-33(46)17-9-7-8-16(12-17)19-15-22(38(3)4)20-13-18-14-21-26(39(5)6)29(42)25(32(35)45)31(44)34(21,47)30(43)23(18)28(41)24(20)27(19)40/h7-9,12,15,18,20-22,26,40-41,44,47H,10-11,13-14H2,1-6H3,(H2,35,45)(H,36,46)/t18-,20?,21-,22?,26-,34-/m0/s1. The SMILES string of the molecule is CN(C)CCNC(=O)c1cccc(C2=CC(N(C)C)C3C[C@H]4C[C@H]5[C@H](N(C)C)C(=O)C(C(N)=O)=C(O)[C@@]5(O)C(=O)C4=C(O)C3=C2O)c1. The smallest absolute Gasteiger partial charge is 0.255 e. The van der Waals surface area contributed by atoms with Crippen LogP contribution in [0.1, 0.15) is 28.8 Å². The number of aliphatic hydroxyl groups excluding tert-OH is 3. The first-order valence-electron chi connectivity index (χ1n) is 15.5. The van der Waals surface area contributed by atoms with Gasteiger partial charge in [0, 0.05) is 53.2 Å². The molecule has 6 atom stereocenters. The van der Waals surface area contributed by atoms with E-state index in [1.165, 1.54) is 4.90 Å². The molecule has 1 saturated carbocycles. The Morgan fingerprint density at radius 3 is 2.26 bits per heavy atom. The van der Waals surface area contributed by atoms with Crippen LogP contribution in [0.15, 0.2) is 64.3 Å². The third-order valence-corrected chi connectivity index (χ3v) is 9.93. The number of allylic oxidation sites excluding steroid dienone is 2. The molecule has 0 bridgehead atoms. The summed E-state index contributed by atoms with van der Waals surface area (Å²) < 4.78 is 0. The van der Waals surface area contributed by atoms with Gasteiger partial charge in [-0.05, 0) is 78.7 Å². The lowest BCUT2D eigenvalue weighted by Gasteiger charge is -2.52. The number of fused-ring (bicyclic) bond motifs is 3. The molecule has 4 aliphatic carbocycles. The van der Waals surface area contributed by atoms with Crippen molar-refractivity contribution in [3.05, 3.63) is 75.5 Å². The Balaban J connectivity index is 1.62. The Bertz CT molecular complexity index is 1670. The van der Waals surface area contributed by atoms with Crippen LogP contribution in [0.5, 0.6) is 0 Å². The van der Waals surface area contributed by atoms with Crippen LogP contribution in [0.2, 0.25) is 0 Å². The summed E-state index contributed by atoms with van der Waals surface area (Å²) in [7, 11) is 10.6. The molecule has 1 aromatic rings. The number of benzene rings is 1. The van der Waals surface area contributed by atoms with Gasteiger partial charge in [-0.25, -0.2) is 0 Å². The number of rotatable bonds is 8. The fourth-order valence-electron chi connectivity index (χ4n) is 7.70. The van der Waals surface area contributed by atoms with Gasteiger partial charge < -0.3 is 41.3 Å². The van der Waals surface area contributed by atoms with Crippen molar-refractivity contribution in [1.82, 2.24) is 20.0 Å². The molecule has 0 spiro atoms. The third-order valence-electron chi connectivity index (χ3n) is 9.93. The second kappa shape index (κ2) is 12.4. The minimum absolute atomic E-state index is 0.0264. The largest absolute Gasteiger partial charge is 0.508 e. The number of ketones is 2. The first-order valence-corrected chi connectivity index (χ1v) is 15.5. The van der Waals surface area contributed by atoms with Gasteiger partial charge in [0.2, 0.25) is 5.78 Å². The summed E-state index contributed by atoms with van der Waals surface area (Å²) in [4.78, 5) is 58.1. The fourth-order valence-corrected chi connectivity index (χ4v) is 7.70. The van der Waals surface area contributed by atoms with Crippen LogP contribution in [0, 0.1) is 17.8 Å². The predicted molar refractivity (Wildman–Crippen MR) is 173 cm³/mol. The number of carbonyl (C=O) groups excluding carboxylic acids is 4. The Morgan fingerprint density at radius 2 is 1.66 bits per heavy atom. The van der Waals surface area contributed by atoms with E-state index in [9.17, 15) is 39.6 Å². The molecule has 2 unspecified atom stereocenters. The molecule has 7 N–H and O–H groups in total. The molecule has 13 heteroatoms. The van der Waals surface area contributed by atoms with E-state index in [1.54, 1.807) is 38.4 Å². The lowest BCUT2D eigenvalue weighted by atomic mass is 9.55. The molecule has 0 aliphatic heterocycles. The number of amides is 2. The van der Waals surface area contributed by atoms with Crippen LogP contribution in [0.25, 0.3) is 5.57 Å². The maximum Gasteiger partial charge on any atom is 0.255 e. The van der Waals surface area contributed by atoms with Gasteiger partial charge in [-0.1, -0.05) is 18.2 Å². The zero-order valence-corrected chi connectivity index (χ0v) is 27.4. The van der Waals surface area contributed by atoms with Gasteiger partial charge in [-0.15, -0.1) is 0 Å². The van der Waals surface area contributed by atoms with Crippen molar-refractivity contribution < 1.29 is 39.6 Å². The van der Waals surface area contributed by atoms with E-state index in [0.717, 1.165) is 0 Å². The number of nitrogens with two attached hydrogens (primary N) is 1. The molecule has 1 fully saturated rings. The number of likely N-dealkylation sites (N-methyl/N-ethyl adjacent to an activating group) is 3. The van der Waals surface area contributed by atoms with E-state index in [1.807, 2.05) is 44.1 Å². The Hall–Kier alpha value is -4.30. The molecule has 0 saturated heterocycles. The molecular weight excluding hydrogens is 606 g/mol.